The minimum atomic E-state index is -0.357. The van der Waals surface area contributed by atoms with E-state index in [-0.39, 0.29) is 18.5 Å². The molecule has 1 aromatic carbocycles. The molecule has 1 aromatic heterocycles. The predicted molar refractivity (Wildman–Crippen MR) is 110 cm³/mol. The Hall–Kier alpha value is -2.60. The second-order valence-corrected chi connectivity index (χ2v) is 8.33. The number of benzene rings is 1. The van der Waals surface area contributed by atoms with Gasteiger partial charge in [-0.2, -0.15) is 0 Å². The van der Waals surface area contributed by atoms with Crippen LogP contribution in [0.25, 0.3) is 6.08 Å². The number of hydrogen-bond acceptors (Lipinski definition) is 5. The van der Waals surface area contributed by atoms with Crippen LogP contribution >= 0.6 is 11.3 Å². The second kappa shape index (κ2) is 7.80. The summed E-state index contributed by atoms with van der Waals surface area (Å²) in [6, 6.07) is 7.61. The Kier molecular flexibility index (Phi) is 5.22. The van der Waals surface area contributed by atoms with Gasteiger partial charge < -0.3 is 14.8 Å². The van der Waals surface area contributed by atoms with Crippen molar-refractivity contribution in [1.29, 1.82) is 0 Å². The van der Waals surface area contributed by atoms with E-state index in [1.165, 1.54) is 16.2 Å². The van der Waals surface area contributed by atoms with Gasteiger partial charge in [-0.1, -0.05) is 25.1 Å². The van der Waals surface area contributed by atoms with Gasteiger partial charge in [0.25, 0.3) is 5.91 Å². The van der Waals surface area contributed by atoms with Crippen LogP contribution in [0.2, 0.25) is 0 Å². The molecule has 5 nitrogen and oxygen atoms in total. The van der Waals surface area contributed by atoms with Crippen LogP contribution < -0.4 is 10.1 Å². The number of ether oxygens (including phenoxy) is 2. The maximum Gasteiger partial charge on any atom is 0.341 e. The fraction of sp³-hybridized carbons (Fsp3) is 0.364. The average Bonchev–Trinajstić information content (AvgIpc) is 3.04. The predicted octanol–water partition coefficient (Wildman–Crippen LogP) is 4.46. The van der Waals surface area contributed by atoms with E-state index in [0.29, 0.717) is 28.7 Å². The van der Waals surface area contributed by atoms with E-state index in [0.717, 1.165) is 36.1 Å². The van der Waals surface area contributed by atoms with Crippen molar-refractivity contribution < 1.29 is 19.1 Å². The third-order valence-electron chi connectivity index (χ3n) is 5.14. The Bertz CT molecular complexity index is 959. The summed E-state index contributed by atoms with van der Waals surface area (Å²) in [6.45, 7) is 4.52. The Morgan fingerprint density at radius 2 is 2.14 bits per heavy atom. The molecule has 146 valence electrons. The standard InChI is InChI=1S/C22H23NO4S/c1-3-26-22(25)19-16-9-8-13(2)10-18(16)28-21(19)23-20(24)15-11-14-6-4-5-7-17(14)27-12-15/h4-7,11,13H,3,8-10,12H2,1-2H3,(H,23,24)/t13-/m1/s1. The Morgan fingerprint density at radius 1 is 1.32 bits per heavy atom. The van der Waals surface area contributed by atoms with Crippen molar-refractivity contribution in [2.75, 3.05) is 18.5 Å². The van der Waals surface area contributed by atoms with Crippen molar-refractivity contribution >= 4 is 34.3 Å². The maximum absolute atomic E-state index is 12.9. The first-order valence-electron chi connectivity index (χ1n) is 9.62. The summed E-state index contributed by atoms with van der Waals surface area (Å²) in [5, 5.41) is 3.54. The number of hydrogen-bond donors (Lipinski definition) is 1. The number of esters is 1. The minimum absolute atomic E-state index is 0.208. The summed E-state index contributed by atoms with van der Waals surface area (Å²) < 4.78 is 11.0. The Balaban J connectivity index is 1.63. The highest BCUT2D eigenvalue weighted by Crippen LogP contribution is 2.40. The quantitative estimate of drug-likeness (QED) is 0.774. The molecule has 1 atom stereocenters. The van der Waals surface area contributed by atoms with E-state index in [9.17, 15) is 9.59 Å². The molecule has 4 rings (SSSR count). The van der Waals surface area contributed by atoms with E-state index in [4.69, 9.17) is 9.47 Å². The van der Waals surface area contributed by atoms with Gasteiger partial charge in [0.05, 0.1) is 17.7 Å². The molecule has 0 fully saturated rings. The number of carbonyl (C=O) groups excluding carboxylic acids is 2. The first-order chi connectivity index (χ1) is 13.6. The number of fused-ring (bicyclic) bond motifs is 2. The molecule has 1 aliphatic carbocycles. The summed E-state index contributed by atoms with van der Waals surface area (Å²) in [6.07, 6.45) is 4.66. The van der Waals surface area contributed by atoms with E-state index in [1.54, 1.807) is 6.92 Å². The molecule has 2 aliphatic rings. The average molecular weight is 397 g/mol. The maximum atomic E-state index is 12.9. The van der Waals surface area contributed by atoms with E-state index < -0.39 is 0 Å². The molecular formula is C22H23NO4S. The lowest BCUT2D eigenvalue weighted by atomic mass is 9.88. The molecule has 1 amide bonds. The zero-order valence-corrected chi connectivity index (χ0v) is 16.9. The van der Waals surface area contributed by atoms with E-state index in [2.05, 4.69) is 12.2 Å². The number of rotatable bonds is 4. The van der Waals surface area contributed by atoms with Crippen LogP contribution in [0.5, 0.6) is 5.75 Å². The Morgan fingerprint density at radius 3 is 2.96 bits per heavy atom. The molecule has 0 radical (unpaired) electrons. The Labute approximate surface area is 168 Å². The molecule has 2 heterocycles. The number of para-hydroxylation sites is 1. The molecule has 0 unspecified atom stereocenters. The van der Waals surface area contributed by atoms with Crippen LogP contribution in [0, 0.1) is 5.92 Å². The van der Waals surface area contributed by atoms with Crippen LogP contribution in [0.4, 0.5) is 5.00 Å². The van der Waals surface area contributed by atoms with E-state index in [1.807, 2.05) is 30.3 Å². The highest BCUT2D eigenvalue weighted by Gasteiger charge is 2.30. The van der Waals surface area contributed by atoms with Gasteiger partial charge in [-0.15, -0.1) is 11.3 Å². The number of anilines is 1. The molecule has 0 saturated heterocycles. The highest BCUT2D eigenvalue weighted by atomic mass is 32.1. The molecule has 0 bridgehead atoms. The van der Waals surface area contributed by atoms with Crippen LogP contribution in [-0.2, 0) is 22.4 Å². The third kappa shape index (κ3) is 3.56. The first kappa shape index (κ1) is 18.7. The second-order valence-electron chi connectivity index (χ2n) is 7.23. The van der Waals surface area contributed by atoms with Gasteiger partial charge in [0.15, 0.2) is 0 Å². The van der Waals surface area contributed by atoms with Crippen molar-refractivity contribution in [2.24, 2.45) is 5.92 Å². The molecule has 1 aliphatic heterocycles. The zero-order chi connectivity index (χ0) is 19.7. The third-order valence-corrected chi connectivity index (χ3v) is 6.31. The van der Waals surface area contributed by atoms with Gasteiger partial charge in [-0.3, -0.25) is 4.79 Å². The van der Waals surface area contributed by atoms with Crippen molar-refractivity contribution in [3.8, 4) is 5.75 Å². The number of thiophene rings is 1. The topological polar surface area (TPSA) is 64.6 Å². The van der Waals surface area contributed by atoms with Crippen LogP contribution in [0.3, 0.4) is 0 Å². The van der Waals surface area contributed by atoms with Crippen molar-refractivity contribution in [3.05, 3.63) is 51.4 Å². The summed E-state index contributed by atoms with van der Waals surface area (Å²) in [5.41, 5.74) is 2.98. The first-order valence-corrected chi connectivity index (χ1v) is 10.4. The van der Waals surface area contributed by atoms with Gasteiger partial charge >= 0.3 is 5.97 Å². The van der Waals surface area contributed by atoms with Crippen LogP contribution in [0.1, 0.15) is 46.6 Å². The molecule has 0 spiro atoms. The van der Waals surface area contributed by atoms with Gasteiger partial charge in [0, 0.05) is 10.4 Å². The SMILES string of the molecule is CCOC(=O)c1c(NC(=O)C2=Cc3ccccc3OC2)sc2c1CC[C@@H](C)C2. The molecular weight excluding hydrogens is 374 g/mol. The molecule has 0 saturated carbocycles. The lowest BCUT2D eigenvalue weighted by Gasteiger charge is -2.18. The normalized spacial score (nSPS) is 17.6. The fourth-order valence-electron chi connectivity index (χ4n) is 3.69. The van der Waals surface area contributed by atoms with Crippen molar-refractivity contribution in [3.63, 3.8) is 0 Å². The fourth-order valence-corrected chi connectivity index (χ4v) is 5.08. The van der Waals surface area contributed by atoms with Crippen LogP contribution in [-0.4, -0.2) is 25.1 Å². The van der Waals surface area contributed by atoms with Gasteiger partial charge in [-0.25, -0.2) is 4.79 Å². The molecule has 1 N–H and O–H groups in total. The molecule has 28 heavy (non-hydrogen) atoms. The zero-order valence-electron chi connectivity index (χ0n) is 16.0. The lowest BCUT2D eigenvalue weighted by molar-refractivity contribution is -0.113. The van der Waals surface area contributed by atoms with Crippen molar-refractivity contribution in [1.82, 2.24) is 0 Å². The summed E-state index contributed by atoms with van der Waals surface area (Å²) in [4.78, 5) is 26.7. The smallest absolute Gasteiger partial charge is 0.341 e. The number of nitrogens with one attached hydrogen (secondary N) is 1. The van der Waals surface area contributed by atoms with Gasteiger partial charge in [0.1, 0.15) is 17.4 Å². The summed E-state index contributed by atoms with van der Waals surface area (Å²) >= 11 is 1.50. The number of amides is 1. The van der Waals surface area contributed by atoms with Crippen LogP contribution in [0.15, 0.2) is 29.8 Å². The minimum Gasteiger partial charge on any atom is -0.488 e. The monoisotopic (exact) mass is 397 g/mol. The molecule has 2 aromatic rings. The van der Waals surface area contributed by atoms with Crippen molar-refractivity contribution in [2.45, 2.75) is 33.1 Å². The number of carbonyl (C=O) groups is 2. The van der Waals surface area contributed by atoms with Gasteiger partial charge in [0.2, 0.25) is 0 Å². The van der Waals surface area contributed by atoms with E-state index >= 15 is 0 Å². The largest absolute Gasteiger partial charge is 0.488 e. The lowest BCUT2D eigenvalue weighted by Crippen LogP contribution is -2.22. The summed E-state index contributed by atoms with van der Waals surface area (Å²) in [5.74, 6) is 0.748. The van der Waals surface area contributed by atoms with Gasteiger partial charge in [-0.05, 0) is 49.8 Å². The highest BCUT2D eigenvalue weighted by molar-refractivity contribution is 7.17. The summed E-state index contributed by atoms with van der Waals surface area (Å²) in [7, 11) is 0. The molecule has 6 heteroatoms.